The number of unbranched alkanes of at least 4 members (excludes halogenated alkanes) is 2. The molecule has 0 fully saturated rings. The Balaban J connectivity index is 6.29. The fraction of sp³-hybridized carbons (Fsp3) is 0.933. The second kappa shape index (κ2) is 8.97. The van der Waals surface area contributed by atoms with Gasteiger partial charge in [0.25, 0.3) is 5.91 Å². The van der Waals surface area contributed by atoms with Crippen LogP contribution in [0.25, 0.3) is 0 Å². The van der Waals surface area contributed by atoms with Crippen LogP contribution in [-0.4, -0.2) is 59.7 Å². The fourth-order valence-corrected chi connectivity index (χ4v) is 2.12. The first-order valence-electron chi connectivity index (χ1n) is 8.43. The van der Waals surface area contributed by atoms with Gasteiger partial charge < -0.3 is 4.90 Å². The zero-order chi connectivity index (χ0) is 24.4. The van der Waals surface area contributed by atoms with Crippen LogP contribution in [0.2, 0.25) is 0 Å². The molecule has 0 heterocycles. The molecule has 15 heteroatoms. The highest BCUT2D eigenvalue weighted by Gasteiger charge is 2.91. The summed E-state index contributed by atoms with van der Waals surface area (Å²) in [6.07, 6.45) is -7.29. The third-order valence-electron chi connectivity index (χ3n) is 4.05. The molecule has 0 unspecified atom stereocenters. The van der Waals surface area contributed by atoms with Gasteiger partial charge in [-0.2, -0.15) is 57.1 Å². The summed E-state index contributed by atoms with van der Waals surface area (Å²) in [6.45, 7) is 1.54. The van der Waals surface area contributed by atoms with Crippen molar-refractivity contribution >= 4 is 5.91 Å². The Hall–Kier alpha value is -1.44. The number of rotatable bonds is 11. The molecule has 30 heavy (non-hydrogen) atoms. The van der Waals surface area contributed by atoms with Crippen LogP contribution < -0.4 is 0 Å². The largest absolute Gasteiger partial charge is 0.460 e. The summed E-state index contributed by atoms with van der Waals surface area (Å²) in [7, 11) is 0. The number of alkyl halides is 13. The number of halogens is 13. The molecule has 0 atom stereocenters. The van der Waals surface area contributed by atoms with Crippen molar-refractivity contribution in [3.63, 3.8) is 0 Å². The van der Waals surface area contributed by atoms with Crippen molar-refractivity contribution in [2.45, 2.75) is 75.3 Å². The third kappa shape index (κ3) is 4.58. The number of carbonyl (C=O) groups excluding carboxylic acids is 1. The van der Waals surface area contributed by atoms with Gasteiger partial charge in [0.15, 0.2) is 0 Å². The van der Waals surface area contributed by atoms with Gasteiger partial charge in [0.1, 0.15) is 0 Å². The highest BCUT2D eigenvalue weighted by Crippen LogP contribution is 2.60. The Morgan fingerprint density at radius 2 is 0.933 bits per heavy atom. The predicted molar refractivity (Wildman–Crippen MR) is 77.2 cm³/mol. The fourth-order valence-electron chi connectivity index (χ4n) is 2.12. The molecule has 0 aliphatic carbocycles. The lowest BCUT2D eigenvalue weighted by atomic mass is 9.93. The molecule has 0 aliphatic heterocycles. The van der Waals surface area contributed by atoms with E-state index in [4.69, 9.17) is 0 Å². The van der Waals surface area contributed by atoms with Crippen LogP contribution in [-0.2, 0) is 4.79 Å². The maximum Gasteiger partial charge on any atom is 0.460 e. The van der Waals surface area contributed by atoms with E-state index in [0.29, 0.717) is 0 Å². The highest BCUT2D eigenvalue weighted by molar-refractivity contribution is 5.85. The second-order valence-corrected chi connectivity index (χ2v) is 6.37. The van der Waals surface area contributed by atoms with Gasteiger partial charge >= 0.3 is 35.8 Å². The first-order chi connectivity index (χ1) is 13.2. The number of hydrogen-bond donors (Lipinski definition) is 0. The normalized spacial score (nSPS) is 14.8. The summed E-state index contributed by atoms with van der Waals surface area (Å²) in [5, 5.41) is 0. The third-order valence-corrected chi connectivity index (χ3v) is 4.05. The van der Waals surface area contributed by atoms with Crippen LogP contribution in [0, 0.1) is 0 Å². The summed E-state index contributed by atoms with van der Waals surface area (Å²) in [5.41, 5.74) is 0. The standard InChI is InChI=1S/C15H18F13NO/c1-3-5-7-29(8-6-4-2)9(30)10(16,17)11(18,19)12(20,21)13(22,23)14(24,25)15(26,27)28/h3-8H2,1-2H3. The molecule has 0 aromatic rings. The molecule has 0 aliphatic rings. The van der Waals surface area contributed by atoms with Gasteiger partial charge in [-0.15, -0.1) is 0 Å². The molecule has 2 nitrogen and oxygen atoms in total. The number of hydrogen-bond acceptors (Lipinski definition) is 1. The minimum atomic E-state index is -8.01. The SMILES string of the molecule is CCCCN(CCCC)C(=O)C(F)(F)C(F)(F)C(F)(F)C(F)(F)C(F)(F)C(F)(F)F. The van der Waals surface area contributed by atoms with Gasteiger partial charge in [0, 0.05) is 13.1 Å². The van der Waals surface area contributed by atoms with Crippen LogP contribution in [0.5, 0.6) is 0 Å². The van der Waals surface area contributed by atoms with Crippen LogP contribution in [0.15, 0.2) is 0 Å². The van der Waals surface area contributed by atoms with Crippen molar-refractivity contribution in [3.05, 3.63) is 0 Å². The van der Waals surface area contributed by atoms with Gasteiger partial charge in [0.05, 0.1) is 0 Å². The van der Waals surface area contributed by atoms with E-state index in [-0.39, 0.29) is 30.6 Å². The molecule has 0 rings (SSSR count). The maximum absolute atomic E-state index is 13.9. The van der Waals surface area contributed by atoms with Crippen molar-refractivity contribution in [3.8, 4) is 0 Å². The van der Waals surface area contributed by atoms with E-state index >= 15 is 0 Å². The Morgan fingerprint density at radius 3 is 1.23 bits per heavy atom. The van der Waals surface area contributed by atoms with E-state index in [1.54, 1.807) is 0 Å². The molecular weight excluding hydrogens is 457 g/mol. The topological polar surface area (TPSA) is 20.3 Å². The van der Waals surface area contributed by atoms with Crippen LogP contribution in [0.4, 0.5) is 57.1 Å². The van der Waals surface area contributed by atoms with Crippen molar-refractivity contribution in [2.24, 2.45) is 0 Å². The average molecular weight is 475 g/mol. The zero-order valence-electron chi connectivity index (χ0n) is 15.5. The second-order valence-electron chi connectivity index (χ2n) is 6.37. The predicted octanol–water partition coefficient (Wildman–Crippen LogP) is 6.15. The summed E-state index contributed by atoms with van der Waals surface area (Å²) in [6, 6.07) is 0. The van der Waals surface area contributed by atoms with Crippen molar-refractivity contribution in [1.29, 1.82) is 0 Å². The first-order valence-corrected chi connectivity index (χ1v) is 8.43. The zero-order valence-corrected chi connectivity index (χ0v) is 15.5. The minimum Gasteiger partial charge on any atom is -0.337 e. The first kappa shape index (κ1) is 28.6. The van der Waals surface area contributed by atoms with E-state index in [0.717, 1.165) is 0 Å². The number of nitrogens with zero attached hydrogens (tertiary/aromatic N) is 1. The van der Waals surface area contributed by atoms with E-state index in [1.807, 2.05) is 0 Å². The van der Waals surface area contributed by atoms with Crippen LogP contribution in [0.1, 0.15) is 39.5 Å². The van der Waals surface area contributed by atoms with Crippen molar-refractivity contribution in [2.75, 3.05) is 13.1 Å². The lowest BCUT2D eigenvalue weighted by Crippen LogP contribution is -2.72. The summed E-state index contributed by atoms with van der Waals surface area (Å²) in [4.78, 5) is 11.7. The van der Waals surface area contributed by atoms with E-state index in [9.17, 15) is 61.9 Å². The van der Waals surface area contributed by atoms with Crippen LogP contribution >= 0.6 is 0 Å². The van der Waals surface area contributed by atoms with Crippen molar-refractivity contribution < 1.29 is 61.9 Å². The quantitative estimate of drug-likeness (QED) is 0.328. The average Bonchev–Trinajstić information content (AvgIpc) is 2.59. The molecule has 0 aromatic carbocycles. The molecule has 0 aromatic heterocycles. The molecule has 0 spiro atoms. The Bertz CT molecular complexity index is 578. The van der Waals surface area contributed by atoms with Crippen LogP contribution in [0.3, 0.4) is 0 Å². The summed E-state index contributed by atoms with van der Waals surface area (Å²) in [5.74, 6) is -41.2. The molecular formula is C15H18F13NO. The van der Waals surface area contributed by atoms with Gasteiger partial charge in [-0.05, 0) is 12.8 Å². The smallest absolute Gasteiger partial charge is 0.337 e. The van der Waals surface area contributed by atoms with E-state index in [2.05, 4.69) is 0 Å². The molecule has 0 N–H and O–H groups in total. The Kier molecular flexibility index (Phi) is 8.54. The maximum atomic E-state index is 13.9. The van der Waals surface area contributed by atoms with Gasteiger partial charge in [-0.25, -0.2) is 0 Å². The number of amides is 1. The Morgan fingerprint density at radius 1 is 0.600 bits per heavy atom. The molecule has 0 bridgehead atoms. The van der Waals surface area contributed by atoms with E-state index < -0.39 is 54.8 Å². The molecule has 0 saturated carbocycles. The van der Waals surface area contributed by atoms with Gasteiger partial charge in [-0.1, -0.05) is 26.7 Å². The van der Waals surface area contributed by atoms with Gasteiger partial charge in [0.2, 0.25) is 0 Å². The molecule has 180 valence electrons. The van der Waals surface area contributed by atoms with E-state index in [1.165, 1.54) is 13.8 Å². The molecule has 0 saturated heterocycles. The number of carbonyl (C=O) groups is 1. The monoisotopic (exact) mass is 475 g/mol. The molecule has 1 amide bonds. The Labute approximate surface area is 162 Å². The van der Waals surface area contributed by atoms with Gasteiger partial charge in [-0.3, -0.25) is 4.79 Å². The summed E-state index contributed by atoms with van der Waals surface area (Å²) < 4.78 is 170. The lowest BCUT2D eigenvalue weighted by molar-refractivity contribution is -0.436. The highest BCUT2D eigenvalue weighted by atomic mass is 19.4. The van der Waals surface area contributed by atoms with Crippen molar-refractivity contribution in [1.82, 2.24) is 4.90 Å². The molecule has 0 radical (unpaired) electrons. The minimum absolute atomic E-state index is 0.0585. The summed E-state index contributed by atoms with van der Waals surface area (Å²) >= 11 is 0. The lowest BCUT2D eigenvalue weighted by Gasteiger charge is -2.40.